The number of nitrogens with one attached hydrogen (secondary N) is 1. The van der Waals surface area contributed by atoms with E-state index in [1.165, 1.54) is 37.0 Å². The number of hydrogen-bond donors (Lipinski definition) is 1. The van der Waals surface area contributed by atoms with Crippen LogP contribution in [-0.4, -0.2) is 24.1 Å². The minimum atomic E-state index is 0.628. The van der Waals surface area contributed by atoms with E-state index in [2.05, 4.69) is 37.6 Å². The summed E-state index contributed by atoms with van der Waals surface area (Å²) < 4.78 is 0. The summed E-state index contributed by atoms with van der Waals surface area (Å²) in [7, 11) is 2.07. The van der Waals surface area contributed by atoms with E-state index in [1.807, 2.05) is 0 Å². The molecule has 0 saturated heterocycles. The standard InChI is InChI=1S/C13H25NS/c1-4-11(2)9-12(14-3)10-15-13-7-5-6-8-13/h12-14H,2,4-10H2,1,3H3. The lowest BCUT2D eigenvalue weighted by Gasteiger charge is -2.18. The first kappa shape index (κ1) is 13.1. The summed E-state index contributed by atoms with van der Waals surface area (Å²) in [6.45, 7) is 6.29. The Bertz CT molecular complexity index is 185. The zero-order valence-electron chi connectivity index (χ0n) is 10.2. The van der Waals surface area contributed by atoms with Gasteiger partial charge >= 0.3 is 0 Å². The van der Waals surface area contributed by atoms with E-state index >= 15 is 0 Å². The van der Waals surface area contributed by atoms with Crippen molar-refractivity contribution in [2.24, 2.45) is 0 Å². The van der Waals surface area contributed by atoms with Crippen LogP contribution in [0.25, 0.3) is 0 Å². The molecule has 1 saturated carbocycles. The fourth-order valence-electron chi connectivity index (χ4n) is 2.04. The Morgan fingerprint density at radius 3 is 2.67 bits per heavy atom. The molecule has 1 aliphatic carbocycles. The van der Waals surface area contributed by atoms with E-state index in [4.69, 9.17) is 0 Å². The highest BCUT2D eigenvalue weighted by Gasteiger charge is 2.17. The highest BCUT2D eigenvalue weighted by atomic mass is 32.2. The average Bonchev–Trinajstić information content (AvgIpc) is 2.76. The zero-order chi connectivity index (χ0) is 11.1. The van der Waals surface area contributed by atoms with Gasteiger partial charge < -0.3 is 5.32 Å². The van der Waals surface area contributed by atoms with Crippen LogP contribution in [0.15, 0.2) is 12.2 Å². The fraction of sp³-hybridized carbons (Fsp3) is 0.846. The molecule has 1 rings (SSSR count). The molecule has 1 fully saturated rings. The maximum absolute atomic E-state index is 4.09. The van der Waals surface area contributed by atoms with E-state index < -0.39 is 0 Å². The first-order valence-electron chi connectivity index (χ1n) is 6.21. The number of hydrogen-bond acceptors (Lipinski definition) is 2. The summed E-state index contributed by atoms with van der Waals surface area (Å²) >= 11 is 2.17. The molecule has 0 bridgehead atoms. The largest absolute Gasteiger partial charge is 0.316 e. The minimum Gasteiger partial charge on any atom is -0.316 e. The molecular weight excluding hydrogens is 202 g/mol. The van der Waals surface area contributed by atoms with Gasteiger partial charge in [0, 0.05) is 17.0 Å². The topological polar surface area (TPSA) is 12.0 Å². The smallest absolute Gasteiger partial charge is 0.0192 e. The molecule has 2 heteroatoms. The molecule has 0 heterocycles. The molecule has 88 valence electrons. The Balaban J connectivity index is 2.17. The van der Waals surface area contributed by atoms with Gasteiger partial charge in [-0.05, 0) is 32.7 Å². The molecule has 0 aliphatic heterocycles. The zero-order valence-corrected chi connectivity index (χ0v) is 11.0. The molecular formula is C13H25NS. The average molecular weight is 227 g/mol. The van der Waals surface area contributed by atoms with Gasteiger partial charge in [-0.3, -0.25) is 0 Å². The second-order valence-corrected chi connectivity index (χ2v) is 5.87. The van der Waals surface area contributed by atoms with Gasteiger partial charge in [0.15, 0.2) is 0 Å². The molecule has 0 aromatic carbocycles. The minimum absolute atomic E-state index is 0.628. The molecule has 0 amide bonds. The molecule has 1 nitrogen and oxygen atoms in total. The van der Waals surface area contributed by atoms with Crippen LogP contribution in [-0.2, 0) is 0 Å². The lowest BCUT2D eigenvalue weighted by molar-refractivity contribution is 0.605. The fourth-order valence-corrected chi connectivity index (χ4v) is 3.50. The summed E-state index contributed by atoms with van der Waals surface area (Å²) in [4.78, 5) is 0. The number of rotatable bonds is 7. The Kier molecular flexibility index (Phi) is 6.42. The van der Waals surface area contributed by atoms with Gasteiger partial charge in [-0.15, -0.1) is 0 Å². The van der Waals surface area contributed by atoms with Gasteiger partial charge in [-0.1, -0.05) is 31.9 Å². The van der Waals surface area contributed by atoms with Crippen molar-refractivity contribution in [2.45, 2.75) is 56.7 Å². The van der Waals surface area contributed by atoms with Gasteiger partial charge in [-0.25, -0.2) is 0 Å². The van der Waals surface area contributed by atoms with Crippen molar-refractivity contribution < 1.29 is 0 Å². The van der Waals surface area contributed by atoms with E-state index in [1.54, 1.807) is 0 Å². The summed E-state index contributed by atoms with van der Waals surface area (Å²) in [5.41, 5.74) is 1.38. The monoisotopic (exact) mass is 227 g/mol. The van der Waals surface area contributed by atoms with Crippen LogP contribution >= 0.6 is 11.8 Å². The third-order valence-corrected chi connectivity index (χ3v) is 4.82. The second-order valence-electron chi connectivity index (χ2n) is 4.53. The lowest BCUT2D eigenvalue weighted by atomic mass is 10.1. The van der Waals surface area contributed by atoms with Gasteiger partial charge in [0.1, 0.15) is 0 Å². The van der Waals surface area contributed by atoms with Crippen molar-refractivity contribution in [3.8, 4) is 0 Å². The highest BCUT2D eigenvalue weighted by molar-refractivity contribution is 7.99. The van der Waals surface area contributed by atoms with Gasteiger partial charge in [-0.2, -0.15) is 11.8 Å². The lowest BCUT2D eigenvalue weighted by Crippen LogP contribution is -2.28. The summed E-state index contributed by atoms with van der Waals surface area (Å²) in [5, 5.41) is 4.35. The van der Waals surface area contributed by atoms with Gasteiger partial charge in [0.25, 0.3) is 0 Å². The van der Waals surface area contributed by atoms with Crippen LogP contribution in [0.3, 0.4) is 0 Å². The molecule has 0 aromatic heterocycles. The predicted octanol–water partition coefficient (Wildman–Crippen LogP) is 3.61. The third kappa shape index (κ3) is 5.07. The van der Waals surface area contributed by atoms with Crippen LogP contribution < -0.4 is 5.32 Å². The Hall–Kier alpha value is 0.0500. The van der Waals surface area contributed by atoms with E-state index in [0.29, 0.717) is 6.04 Å². The molecule has 15 heavy (non-hydrogen) atoms. The Morgan fingerprint density at radius 2 is 2.13 bits per heavy atom. The van der Waals surface area contributed by atoms with E-state index in [-0.39, 0.29) is 0 Å². The number of thioether (sulfide) groups is 1. The van der Waals surface area contributed by atoms with Gasteiger partial charge in [0.2, 0.25) is 0 Å². The normalized spacial score (nSPS) is 19.3. The SMILES string of the molecule is C=C(CC)CC(CSC1CCCC1)NC. The van der Waals surface area contributed by atoms with Crippen LogP contribution in [0.2, 0.25) is 0 Å². The molecule has 0 radical (unpaired) electrons. The quantitative estimate of drug-likeness (QED) is 0.667. The molecule has 1 N–H and O–H groups in total. The maximum atomic E-state index is 4.09. The van der Waals surface area contributed by atoms with Crippen LogP contribution in [0.1, 0.15) is 45.4 Å². The first-order chi connectivity index (χ1) is 7.26. The highest BCUT2D eigenvalue weighted by Crippen LogP contribution is 2.30. The molecule has 1 atom stereocenters. The van der Waals surface area contributed by atoms with Crippen LogP contribution in [0, 0.1) is 0 Å². The Labute approximate surface area is 99.1 Å². The second kappa shape index (κ2) is 7.34. The molecule has 1 aliphatic rings. The van der Waals surface area contributed by atoms with Crippen molar-refractivity contribution in [3.63, 3.8) is 0 Å². The van der Waals surface area contributed by atoms with Crippen molar-refractivity contribution >= 4 is 11.8 Å². The van der Waals surface area contributed by atoms with E-state index in [9.17, 15) is 0 Å². The third-order valence-electron chi connectivity index (χ3n) is 3.28. The summed E-state index contributed by atoms with van der Waals surface area (Å²) in [5.74, 6) is 1.25. The van der Waals surface area contributed by atoms with Crippen molar-refractivity contribution in [1.29, 1.82) is 0 Å². The first-order valence-corrected chi connectivity index (χ1v) is 7.26. The molecule has 0 aromatic rings. The molecule has 0 spiro atoms. The summed E-state index contributed by atoms with van der Waals surface area (Å²) in [6, 6.07) is 0.628. The van der Waals surface area contributed by atoms with Crippen LogP contribution in [0.4, 0.5) is 0 Å². The van der Waals surface area contributed by atoms with Crippen molar-refractivity contribution in [3.05, 3.63) is 12.2 Å². The summed E-state index contributed by atoms with van der Waals surface area (Å²) in [6.07, 6.45) is 8.04. The molecule has 1 unspecified atom stereocenters. The van der Waals surface area contributed by atoms with Crippen molar-refractivity contribution in [2.75, 3.05) is 12.8 Å². The van der Waals surface area contributed by atoms with Crippen molar-refractivity contribution in [1.82, 2.24) is 5.32 Å². The predicted molar refractivity (Wildman–Crippen MR) is 71.6 cm³/mol. The Morgan fingerprint density at radius 1 is 1.47 bits per heavy atom. The maximum Gasteiger partial charge on any atom is 0.0192 e. The van der Waals surface area contributed by atoms with E-state index in [0.717, 1.165) is 18.1 Å². The van der Waals surface area contributed by atoms with Crippen LogP contribution in [0.5, 0.6) is 0 Å². The van der Waals surface area contributed by atoms with Gasteiger partial charge in [0.05, 0.1) is 0 Å².